The van der Waals surface area contributed by atoms with Crippen LogP contribution in [0.3, 0.4) is 0 Å². The average molecular weight is 381 g/mol. The van der Waals surface area contributed by atoms with Gasteiger partial charge in [0.25, 0.3) is 12.3 Å². The molecule has 150 valence electrons. The van der Waals surface area contributed by atoms with Crippen LogP contribution in [0.1, 0.15) is 74.1 Å². The van der Waals surface area contributed by atoms with E-state index in [1.54, 1.807) is 13.0 Å². The van der Waals surface area contributed by atoms with Crippen LogP contribution in [0, 0.1) is 12.8 Å². The molecule has 7 heteroatoms. The lowest BCUT2D eigenvalue weighted by molar-refractivity contribution is 0.0929. The Kier molecular flexibility index (Phi) is 7.71. The highest BCUT2D eigenvalue weighted by molar-refractivity contribution is 6.00. The molecule has 1 amide bonds. The summed E-state index contributed by atoms with van der Waals surface area (Å²) >= 11 is 0. The highest BCUT2D eigenvalue weighted by Gasteiger charge is 2.21. The molecule has 1 fully saturated rings. The molecule has 0 aromatic carbocycles. The smallest absolute Gasteiger partial charge is 0.278 e. The van der Waals surface area contributed by atoms with Crippen molar-refractivity contribution in [3.05, 3.63) is 35.3 Å². The van der Waals surface area contributed by atoms with Gasteiger partial charge in [-0.05, 0) is 37.8 Å². The second-order valence-corrected chi connectivity index (χ2v) is 7.43. The molecule has 2 aromatic rings. The van der Waals surface area contributed by atoms with Crippen molar-refractivity contribution in [1.29, 1.82) is 0 Å². The number of aliphatic hydroxyl groups is 1. The van der Waals surface area contributed by atoms with Crippen molar-refractivity contribution in [3.63, 3.8) is 0 Å². The van der Waals surface area contributed by atoms with Crippen LogP contribution in [0.5, 0.6) is 0 Å². The second-order valence-electron chi connectivity index (χ2n) is 7.43. The van der Waals surface area contributed by atoms with Gasteiger partial charge in [0.05, 0.1) is 11.3 Å². The third kappa shape index (κ3) is 5.73. The number of aromatic nitrogens is 2. The van der Waals surface area contributed by atoms with E-state index in [0.29, 0.717) is 29.4 Å². The minimum Gasteiger partial charge on any atom is -0.396 e. The molecular weight excluding hydrogens is 352 g/mol. The maximum atomic E-state index is 13.1. The van der Waals surface area contributed by atoms with Gasteiger partial charge >= 0.3 is 0 Å². The van der Waals surface area contributed by atoms with Gasteiger partial charge in [0.15, 0.2) is 0 Å². The van der Waals surface area contributed by atoms with Gasteiger partial charge in [0.1, 0.15) is 5.65 Å². The summed E-state index contributed by atoms with van der Waals surface area (Å²) in [6.45, 7) is 5.90. The third-order valence-corrected chi connectivity index (χ3v) is 4.55. The second kappa shape index (κ2) is 9.78. The van der Waals surface area contributed by atoms with Crippen molar-refractivity contribution in [2.75, 3.05) is 6.61 Å². The molecule has 2 aromatic heterocycles. The van der Waals surface area contributed by atoms with Crippen LogP contribution in [0.2, 0.25) is 0 Å². The molecule has 2 N–H and O–H groups in total. The Morgan fingerprint density at radius 3 is 2.52 bits per heavy atom. The lowest BCUT2D eigenvalue weighted by Gasteiger charge is -2.22. The first-order valence-corrected chi connectivity index (χ1v) is 9.52. The summed E-state index contributed by atoms with van der Waals surface area (Å²) in [5.41, 5.74) is 0.993. The molecule has 5 nitrogen and oxygen atoms in total. The van der Waals surface area contributed by atoms with Gasteiger partial charge < -0.3 is 10.4 Å². The van der Waals surface area contributed by atoms with E-state index in [1.165, 1.54) is 23.1 Å². The van der Waals surface area contributed by atoms with Crippen LogP contribution in [0.25, 0.3) is 5.65 Å². The summed E-state index contributed by atoms with van der Waals surface area (Å²) in [5, 5.41) is 11.1. The van der Waals surface area contributed by atoms with Gasteiger partial charge in [-0.25, -0.2) is 13.8 Å². The Labute approximate surface area is 158 Å². The minimum atomic E-state index is -2.61. The molecule has 0 atom stereocenters. The van der Waals surface area contributed by atoms with E-state index in [0.717, 1.165) is 25.7 Å². The summed E-state index contributed by atoms with van der Waals surface area (Å²) in [4.78, 5) is 16.7. The predicted octanol–water partition coefficient (Wildman–Crippen LogP) is 4.28. The van der Waals surface area contributed by atoms with Crippen molar-refractivity contribution in [2.45, 2.75) is 65.3 Å². The van der Waals surface area contributed by atoms with Gasteiger partial charge in [-0.2, -0.15) is 0 Å². The lowest BCUT2D eigenvalue weighted by atomic mass is 9.95. The van der Waals surface area contributed by atoms with Crippen molar-refractivity contribution < 1.29 is 18.7 Å². The number of alkyl halides is 2. The quantitative estimate of drug-likeness (QED) is 0.831. The maximum Gasteiger partial charge on any atom is 0.278 e. The first-order valence-electron chi connectivity index (χ1n) is 9.52. The normalized spacial score (nSPS) is 15.1. The first kappa shape index (κ1) is 21.3. The summed E-state index contributed by atoms with van der Waals surface area (Å²) in [6.07, 6.45) is 4.28. The zero-order valence-electron chi connectivity index (χ0n) is 16.2. The topological polar surface area (TPSA) is 66.6 Å². The number of aryl methyl sites for hydroxylation is 1. The summed E-state index contributed by atoms with van der Waals surface area (Å²) in [5.74, 6) is 0.211. The van der Waals surface area contributed by atoms with Crippen LogP contribution in [0.4, 0.5) is 8.78 Å². The van der Waals surface area contributed by atoms with Crippen molar-refractivity contribution in [1.82, 2.24) is 14.7 Å². The van der Waals surface area contributed by atoms with E-state index in [1.807, 2.05) is 13.8 Å². The third-order valence-electron chi connectivity index (χ3n) is 4.55. The molecule has 0 bridgehead atoms. The number of amides is 1. The lowest BCUT2D eigenvalue weighted by Crippen LogP contribution is -2.36. The molecule has 1 saturated carbocycles. The van der Waals surface area contributed by atoms with Crippen molar-refractivity contribution in [2.24, 2.45) is 5.92 Å². The monoisotopic (exact) mass is 381 g/mol. The van der Waals surface area contributed by atoms with Crippen LogP contribution >= 0.6 is 0 Å². The van der Waals surface area contributed by atoms with Crippen molar-refractivity contribution in [3.8, 4) is 0 Å². The van der Waals surface area contributed by atoms with E-state index in [-0.39, 0.29) is 17.6 Å². The fourth-order valence-corrected chi connectivity index (χ4v) is 3.08. The van der Waals surface area contributed by atoms with Gasteiger partial charge in [-0.15, -0.1) is 0 Å². The Hall–Kier alpha value is -2.02. The zero-order chi connectivity index (χ0) is 20.0. The van der Waals surface area contributed by atoms with E-state index in [9.17, 15) is 13.6 Å². The van der Waals surface area contributed by atoms with Crippen LogP contribution < -0.4 is 5.32 Å². The number of hydrogen-bond acceptors (Lipinski definition) is 3. The number of nitrogens with zero attached hydrogens (tertiary/aromatic N) is 2. The molecule has 0 radical (unpaired) electrons. The molecule has 2 heterocycles. The van der Waals surface area contributed by atoms with Crippen LogP contribution in [-0.4, -0.2) is 33.0 Å². The Bertz CT molecular complexity index is 753. The Balaban J connectivity index is 0.000000465. The number of halogens is 2. The summed E-state index contributed by atoms with van der Waals surface area (Å²) in [6, 6.07) is 3.09. The first-order chi connectivity index (χ1) is 12.8. The number of hydrogen-bond donors (Lipinski definition) is 2. The zero-order valence-corrected chi connectivity index (χ0v) is 16.2. The fourth-order valence-electron chi connectivity index (χ4n) is 3.08. The number of rotatable bonds is 4. The molecule has 0 unspecified atom stereocenters. The van der Waals surface area contributed by atoms with E-state index >= 15 is 0 Å². The average Bonchev–Trinajstić information content (AvgIpc) is 3.06. The Morgan fingerprint density at radius 1 is 1.33 bits per heavy atom. The molecule has 0 aliphatic heterocycles. The molecule has 1 aliphatic rings. The van der Waals surface area contributed by atoms with Crippen LogP contribution in [-0.2, 0) is 0 Å². The molecular formula is C20H29F2N3O2. The maximum absolute atomic E-state index is 13.1. The largest absolute Gasteiger partial charge is 0.396 e. The number of nitrogens with one attached hydrogen (secondary N) is 1. The van der Waals surface area contributed by atoms with E-state index in [2.05, 4.69) is 10.3 Å². The number of carbonyl (C=O) groups is 1. The standard InChI is InChI=1S/C16H19F2N3O.C4H10O/c1-10-9-13(14(17)18)21-8-7-12(15(21)19-10)16(22)20-11-5-3-2-4-6-11;1-4(2)3-5/h7-9,11,14H,2-6H2,1H3,(H,20,22);4-5H,3H2,1-2H3. The highest BCUT2D eigenvalue weighted by atomic mass is 19.3. The van der Waals surface area contributed by atoms with E-state index in [4.69, 9.17) is 5.11 Å². The number of aliphatic hydroxyl groups excluding tert-OH is 1. The van der Waals surface area contributed by atoms with Gasteiger partial charge in [0.2, 0.25) is 0 Å². The predicted molar refractivity (Wildman–Crippen MR) is 101 cm³/mol. The Morgan fingerprint density at radius 2 is 1.96 bits per heavy atom. The van der Waals surface area contributed by atoms with Crippen LogP contribution in [0.15, 0.2) is 18.3 Å². The summed E-state index contributed by atoms with van der Waals surface area (Å²) in [7, 11) is 0. The molecule has 0 spiro atoms. The SMILES string of the molecule is CC(C)CO.Cc1cc(C(F)F)n2ccc(C(=O)NC3CCCCC3)c2n1. The minimum absolute atomic E-state index is 0.140. The van der Waals surface area contributed by atoms with Gasteiger partial charge in [-0.1, -0.05) is 33.1 Å². The van der Waals surface area contributed by atoms with E-state index < -0.39 is 6.43 Å². The molecule has 3 rings (SSSR count). The molecule has 0 saturated heterocycles. The highest BCUT2D eigenvalue weighted by Crippen LogP contribution is 2.23. The van der Waals surface area contributed by atoms with Crippen molar-refractivity contribution >= 4 is 11.6 Å². The number of fused-ring (bicyclic) bond motifs is 1. The number of carbonyl (C=O) groups excluding carboxylic acids is 1. The summed E-state index contributed by atoms with van der Waals surface area (Å²) < 4.78 is 27.5. The van der Waals surface area contributed by atoms with Gasteiger partial charge in [0, 0.05) is 24.5 Å². The molecule has 1 aliphatic carbocycles. The fraction of sp³-hybridized carbons (Fsp3) is 0.600. The van der Waals surface area contributed by atoms with Gasteiger partial charge in [-0.3, -0.25) is 9.20 Å². The molecule has 27 heavy (non-hydrogen) atoms.